The highest BCUT2D eigenvalue weighted by Crippen LogP contribution is 2.53. The summed E-state index contributed by atoms with van der Waals surface area (Å²) in [7, 11) is 1.47. The van der Waals surface area contributed by atoms with Crippen LogP contribution in [0.1, 0.15) is 18.4 Å². The summed E-state index contributed by atoms with van der Waals surface area (Å²) in [6.07, 6.45) is -2.48. The van der Waals surface area contributed by atoms with Gasteiger partial charge in [-0.15, -0.1) is 23.5 Å². The van der Waals surface area contributed by atoms with Crippen molar-refractivity contribution >= 4 is 29.5 Å². The Balaban J connectivity index is 0.000000196. The highest BCUT2D eigenvalue weighted by molar-refractivity contribution is 8.21. The Morgan fingerprint density at radius 3 is 2.44 bits per heavy atom. The molecule has 0 bridgehead atoms. The van der Waals surface area contributed by atoms with Crippen LogP contribution in [0.3, 0.4) is 0 Å². The Hall–Kier alpha value is -0.860. The van der Waals surface area contributed by atoms with Crippen LogP contribution >= 0.6 is 23.5 Å². The molecule has 0 aliphatic carbocycles. The minimum Gasteiger partial charge on any atom is -0.469 e. The third kappa shape index (κ3) is 5.82. The highest BCUT2D eigenvalue weighted by Gasteiger charge is 2.45. The fourth-order valence-electron chi connectivity index (χ4n) is 2.89. The molecule has 1 atom stereocenters. The van der Waals surface area contributed by atoms with Crippen molar-refractivity contribution < 1.29 is 22.7 Å². The van der Waals surface area contributed by atoms with Crippen molar-refractivity contribution in [3.05, 3.63) is 35.9 Å². The number of benzene rings is 1. The molecule has 2 saturated heterocycles. The molecule has 3 nitrogen and oxygen atoms in total. The van der Waals surface area contributed by atoms with Gasteiger partial charge in [0.15, 0.2) is 0 Å². The minimum atomic E-state index is -4.21. The van der Waals surface area contributed by atoms with E-state index in [0.29, 0.717) is 16.4 Å². The number of hydrogen-bond donors (Lipinski definition) is 1. The molecule has 0 amide bonds. The summed E-state index contributed by atoms with van der Waals surface area (Å²) in [4.78, 5) is 11.4. The summed E-state index contributed by atoms with van der Waals surface area (Å²) < 4.78 is 40.4. The van der Waals surface area contributed by atoms with Gasteiger partial charge in [-0.25, -0.2) is 0 Å². The molecule has 1 unspecified atom stereocenters. The van der Waals surface area contributed by atoms with Crippen molar-refractivity contribution in [2.24, 2.45) is 5.92 Å². The molecule has 1 aromatic rings. The lowest BCUT2D eigenvalue weighted by molar-refractivity contribution is -0.142. The van der Waals surface area contributed by atoms with Crippen molar-refractivity contribution in [1.29, 1.82) is 0 Å². The van der Waals surface area contributed by atoms with Gasteiger partial charge in [-0.2, -0.15) is 13.2 Å². The number of ether oxygens (including phenoxy) is 1. The Morgan fingerprint density at radius 2 is 1.92 bits per heavy atom. The van der Waals surface area contributed by atoms with Gasteiger partial charge < -0.3 is 10.1 Å². The minimum absolute atomic E-state index is 0.0730. The predicted octanol–water partition coefficient (Wildman–Crippen LogP) is 4.04. The second-order valence-electron chi connectivity index (χ2n) is 5.80. The van der Waals surface area contributed by atoms with E-state index in [-0.39, 0.29) is 5.97 Å². The van der Waals surface area contributed by atoms with E-state index < -0.39 is 11.7 Å². The molecule has 3 rings (SSSR count). The summed E-state index contributed by atoms with van der Waals surface area (Å²) in [5, 5.41) is 3.38. The van der Waals surface area contributed by atoms with Crippen LogP contribution in [0.15, 0.2) is 30.3 Å². The fourth-order valence-corrected chi connectivity index (χ4v) is 6.38. The number of esters is 1. The van der Waals surface area contributed by atoms with E-state index in [9.17, 15) is 18.0 Å². The van der Waals surface area contributed by atoms with E-state index in [0.717, 1.165) is 25.2 Å². The Kier molecular flexibility index (Phi) is 7.51. The maximum absolute atomic E-state index is 11.8. The topological polar surface area (TPSA) is 38.3 Å². The normalized spacial score (nSPS) is 22.2. The summed E-state index contributed by atoms with van der Waals surface area (Å²) in [5.74, 6) is 2.80. The van der Waals surface area contributed by atoms with Crippen LogP contribution in [0.25, 0.3) is 0 Å². The molecular formula is C17H22F3NO2S2. The van der Waals surface area contributed by atoms with Crippen molar-refractivity contribution in [3.63, 3.8) is 0 Å². The average Bonchev–Trinajstić information content (AvgIpc) is 3.07. The van der Waals surface area contributed by atoms with Crippen molar-refractivity contribution in [2.75, 3.05) is 31.7 Å². The molecule has 2 fully saturated rings. The molecule has 25 heavy (non-hydrogen) atoms. The van der Waals surface area contributed by atoms with Gasteiger partial charge in [0.1, 0.15) is 0 Å². The molecule has 2 aliphatic rings. The largest absolute Gasteiger partial charge is 0.469 e. The third-order valence-electron chi connectivity index (χ3n) is 4.18. The molecule has 1 spiro atoms. The van der Waals surface area contributed by atoms with Gasteiger partial charge in [-0.3, -0.25) is 4.79 Å². The Labute approximate surface area is 154 Å². The molecule has 0 aromatic heterocycles. The molecule has 140 valence electrons. The molecular weight excluding hydrogens is 371 g/mol. The summed E-state index contributed by atoms with van der Waals surface area (Å²) >= 11 is 4.08. The van der Waals surface area contributed by atoms with Crippen LogP contribution in [-0.2, 0) is 15.7 Å². The molecule has 1 aromatic carbocycles. The Morgan fingerprint density at radius 1 is 1.28 bits per heavy atom. The zero-order valence-electron chi connectivity index (χ0n) is 14.0. The molecule has 1 N–H and O–H groups in total. The van der Waals surface area contributed by atoms with Crippen LogP contribution in [0.2, 0.25) is 0 Å². The average molecular weight is 393 g/mol. The lowest BCUT2D eigenvalue weighted by Crippen LogP contribution is -2.45. The highest BCUT2D eigenvalue weighted by atomic mass is 32.2. The number of carbonyl (C=O) groups is 1. The first-order chi connectivity index (χ1) is 11.9. The number of halogens is 3. The monoisotopic (exact) mass is 393 g/mol. The molecule has 0 radical (unpaired) electrons. The second kappa shape index (κ2) is 9.19. The van der Waals surface area contributed by atoms with E-state index in [2.05, 4.69) is 5.32 Å². The zero-order valence-corrected chi connectivity index (χ0v) is 15.6. The first kappa shape index (κ1) is 20.5. The number of thioether (sulfide) groups is 2. The lowest BCUT2D eigenvalue weighted by Gasteiger charge is -2.39. The third-order valence-corrected chi connectivity index (χ3v) is 8.02. The number of methoxy groups -OCH3 is 1. The standard InChI is InChI=1S/C10H17NO2S2.C7H5F3/c1-13-9(12)6-8-7-11-3-2-10(8)14-4-5-15-10;8-7(9,10)6-4-2-1-3-5-6/h8,11H,2-7H2,1H3;1-5H. The number of alkyl halides is 3. The van der Waals surface area contributed by atoms with Crippen molar-refractivity contribution in [2.45, 2.75) is 23.1 Å². The molecule has 0 saturated carbocycles. The number of hydrogen-bond acceptors (Lipinski definition) is 5. The van der Waals surface area contributed by atoms with Gasteiger partial charge in [0.05, 0.1) is 23.2 Å². The van der Waals surface area contributed by atoms with E-state index in [1.165, 1.54) is 37.2 Å². The molecule has 2 heterocycles. The van der Waals surface area contributed by atoms with Crippen LogP contribution in [0, 0.1) is 5.92 Å². The van der Waals surface area contributed by atoms with E-state index in [1.54, 1.807) is 6.07 Å². The number of rotatable bonds is 2. The maximum Gasteiger partial charge on any atom is 0.416 e. The van der Waals surface area contributed by atoms with Crippen LogP contribution in [0.5, 0.6) is 0 Å². The van der Waals surface area contributed by atoms with Crippen LogP contribution in [0.4, 0.5) is 13.2 Å². The summed E-state index contributed by atoms with van der Waals surface area (Å²) in [6, 6.07) is 6.36. The fraction of sp³-hybridized carbons (Fsp3) is 0.588. The van der Waals surface area contributed by atoms with Crippen LogP contribution < -0.4 is 5.32 Å². The smallest absolute Gasteiger partial charge is 0.416 e. The number of piperidine rings is 1. The quantitative estimate of drug-likeness (QED) is 0.768. The van der Waals surface area contributed by atoms with Crippen molar-refractivity contribution in [1.82, 2.24) is 5.32 Å². The number of carbonyl (C=O) groups excluding carboxylic acids is 1. The Bertz CT molecular complexity index is 549. The molecule has 2 aliphatic heterocycles. The lowest BCUT2D eigenvalue weighted by atomic mass is 9.95. The van der Waals surface area contributed by atoms with Gasteiger partial charge in [0.2, 0.25) is 0 Å². The van der Waals surface area contributed by atoms with E-state index in [4.69, 9.17) is 4.74 Å². The van der Waals surface area contributed by atoms with Gasteiger partial charge >= 0.3 is 12.1 Å². The summed E-state index contributed by atoms with van der Waals surface area (Å²) in [5.41, 5.74) is -0.602. The first-order valence-electron chi connectivity index (χ1n) is 8.05. The first-order valence-corrected chi connectivity index (χ1v) is 10.0. The maximum atomic E-state index is 11.8. The van der Waals surface area contributed by atoms with Gasteiger partial charge in [-0.05, 0) is 13.0 Å². The summed E-state index contributed by atoms with van der Waals surface area (Å²) in [6.45, 7) is 2.03. The van der Waals surface area contributed by atoms with Gasteiger partial charge in [0, 0.05) is 24.0 Å². The van der Waals surface area contributed by atoms with Crippen LogP contribution in [-0.4, -0.2) is 41.8 Å². The SMILES string of the molecule is COC(=O)CC1CNCCC12SCCS2.FC(F)(F)c1ccccc1. The number of nitrogens with one attached hydrogen (secondary N) is 1. The van der Waals surface area contributed by atoms with E-state index in [1.807, 2.05) is 23.5 Å². The van der Waals surface area contributed by atoms with Gasteiger partial charge in [-0.1, -0.05) is 30.3 Å². The van der Waals surface area contributed by atoms with Gasteiger partial charge in [0.25, 0.3) is 0 Å². The zero-order chi connectivity index (χ0) is 18.3. The predicted molar refractivity (Wildman–Crippen MR) is 96.7 cm³/mol. The van der Waals surface area contributed by atoms with Crippen molar-refractivity contribution in [3.8, 4) is 0 Å². The molecule has 8 heteroatoms. The second-order valence-corrected chi connectivity index (χ2v) is 8.91. The van der Waals surface area contributed by atoms with E-state index >= 15 is 0 Å².